The quantitative estimate of drug-likeness (QED) is 0.617. The first-order chi connectivity index (χ1) is 14.5. The van der Waals surface area contributed by atoms with Gasteiger partial charge < -0.3 is 5.32 Å². The molecular formula is C22H21FN2O3S2. The fourth-order valence-electron chi connectivity index (χ4n) is 3.75. The van der Waals surface area contributed by atoms with Crippen LogP contribution in [0.4, 0.5) is 10.1 Å². The van der Waals surface area contributed by atoms with E-state index in [1.807, 2.05) is 24.3 Å². The number of hydrogen-bond acceptors (Lipinski definition) is 4. The van der Waals surface area contributed by atoms with Crippen molar-refractivity contribution in [2.45, 2.75) is 29.5 Å². The summed E-state index contributed by atoms with van der Waals surface area (Å²) in [6, 6.07) is 16.4. The SMILES string of the molecule is O=C(CN(c1ccccc1F)S(=O)(=O)c1cccs1)NC1CCCc2ccccc21. The number of hydrogen-bond donors (Lipinski definition) is 1. The standard InChI is InChI=1S/C22H21FN2O3S2/c23-18-10-3-4-12-20(18)25(30(27,28)22-13-6-14-29-22)15-21(26)24-19-11-5-8-16-7-1-2-9-17(16)19/h1-4,6-7,9-10,12-14,19H,5,8,11,15H2,(H,24,26). The molecule has 1 N–H and O–H groups in total. The van der Waals surface area contributed by atoms with Crippen LogP contribution in [0.3, 0.4) is 0 Å². The molecule has 0 spiro atoms. The lowest BCUT2D eigenvalue weighted by Gasteiger charge is -2.28. The number of sulfonamides is 1. The second-order valence-corrected chi connectivity index (χ2v) is 10.1. The predicted octanol–water partition coefficient (Wildman–Crippen LogP) is 4.28. The van der Waals surface area contributed by atoms with Crippen molar-refractivity contribution in [3.8, 4) is 0 Å². The highest BCUT2D eigenvalue weighted by Gasteiger charge is 2.31. The minimum atomic E-state index is -4.08. The maximum atomic E-state index is 14.5. The lowest BCUT2D eigenvalue weighted by atomic mass is 9.88. The minimum absolute atomic E-state index is 0.0570. The summed E-state index contributed by atoms with van der Waals surface area (Å²) in [6.07, 6.45) is 2.67. The Bertz CT molecular complexity index is 1150. The fraction of sp³-hybridized carbons (Fsp3) is 0.227. The van der Waals surface area contributed by atoms with Crippen LogP contribution in [-0.4, -0.2) is 20.9 Å². The lowest BCUT2D eigenvalue weighted by molar-refractivity contribution is -0.120. The third-order valence-corrected chi connectivity index (χ3v) is 8.29. The van der Waals surface area contributed by atoms with Crippen LogP contribution in [-0.2, 0) is 21.2 Å². The zero-order valence-corrected chi connectivity index (χ0v) is 17.8. The van der Waals surface area contributed by atoms with Crippen LogP contribution in [0.2, 0.25) is 0 Å². The summed E-state index contributed by atoms with van der Waals surface area (Å²) >= 11 is 1.03. The molecule has 1 aromatic heterocycles. The number of amides is 1. The molecule has 156 valence electrons. The van der Waals surface area contributed by atoms with E-state index in [1.165, 1.54) is 29.8 Å². The van der Waals surface area contributed by atoms with Crippen molar-refractivity contribution in [2.24, 2.45) is 0 Å². The average Bonchev–Trinajstić information content (AvgIpc) is 3.29. The van der Waals surface area contributed by atoms with Crippen molar-refractivity contribution in [2.75, 3.05) is 10.8 Å². The Balaban J connectivity index is 1.62. The van der Waals surface area contributed by atoms with Gasteiger partial charge in [-0.1, -0.05) is 42.5 Å². The average molecular weight is 445 g/mol. The number of para-hydroxylation sites is 1. The highest BCUT2D eigenvalue weighted by atomic mass is 32.2. The van der Waals surface area contributed by atoms with Gasteiger partial charge in [-0.05, 0) is 54.0 Å². The van der Waals surface area contributed by atoms with Crippen molar-refractivity contribution in [3.63, 3.8) is 0 Å². The Kier molecular flexibility index (Phi) is 5.87. The van der Waals surface area contributed by atoms with Gasteiger partial charge in [-0.3, -0.25) is 9.10 Å². The predicted molar refractivity (Wildman–Crippen MR) is 116 cm³/mol. The number of rotatable bonds is 6. The summed E-state index contributed by atoms with van der Waals surface area (Å²) in [5, 5.41) is 4.58. The van der Waals surface area contributed by atoms with Gasteiger partial charge in [-0.15, -0.1) is 11.3 Å². The first-order valence-corrected chi connectivity index (χ1v) is 12.0. The molecule has 2 aromatic carbocycles. The third-order valence-electron chi connectivity index (χ3n) is 5.15. The van der Waals surface area contributed by atoms with Crippen LogP contribution in [0.15, 0.2) is 70.3 Å². The van der Waals surface area contributed by atoms with Crippen molar-refractivity contribution >= 4 is 33.0 Å². The van der Waals surface area contributed by atoms with Gasteiger partial charge >= 0.3 is 0 Å². The molecule has 1 aliphatic carbocycles. The van der Waals surface area contributed by atoms with Crippen molar-refractivity contribution in [1.82, 2.24) is 5.32 Å². The zero-order valence-electron chi connectivity index (χ0n) is 16.1. The summed E-state index contributed by atoms with van der Waals surface area (Å²) in [7, 11) is -4.08. The second kappa shape index (κ2) is 8.57. The first kappa shape index (κ1) is 20.6. The summed E-state index contributed by atoms with van der Waals surface area (Å²) in [5.74, 6) is -1.17. The molecule has 3 aromatic rings. The Morgan fingerprint density at radius 1 is 1.10 bits per heavy atom. The molecule has 1 atom stereocenters. The molecule has 0 aliphatic heterocycles. The van der Waals surface area contributed by atoms with Gasteiger partial charge in [0.1, 0.15) is 16.6 Å². The van der Waals surface area contributed by atoms with E-state index in [0.717, 1.165) is 40.5 Å². The van der Waals surface area contributed by atoms with Crippen LogP contribution < -0.4 is 9.62 Å². The Labute approximate surface area is 179 Å². The Morgan fingerprint density at radius 3 is 2.63 bits per heavy atom. The number of carbonyl (C=O) groups is 1. The van der Waals surface area contributed by atoms with Gasteiger partial charge in [0, 0.05) is 0 Å². The molecule has 1 amide bonds. The molecule has 1 aliphatic rings. The van der Waals surface area contributed by atoms with Crippen LogP contribution in [0, 0.1) is 5.82 Å². The number of anilines is 1. The monoisotopic (exact) mass is 444 g/mol. The molecule has 1 heterocycles. The lowest BCUT2D eigenvalue weighted by Crippen LogP contribution is -2.42. The molecule has 0 bridgehead atoms. The van der Waals surface area contributed by atoms with E-state index in [4.69, 9.17) is 0 Å². The smallest absolute Gasteiger partial charge is 0.274 e. The van der Waals surface area contributed by atoms with Gasteiger partial charge in [0.2, 0.25) is 5.91 Å². The molecule has 0 radical (unpaired) electrons. The number of benzene rings is 2. The van der Waals surface area contributed by atoms with Gasteiger partial charge in [0.05, 0.1) is 11.7 Å². The largest absolute Gasteiger partial charge is 0.348 e. The summed E-state index contributed by atoms with van der Waals surface area (Å²) in [6.45, 7) is -0.500. The van der Waals surface area contributed by atoms with E-state index < -0.39 is 28.3 Å². The van der Waals surface area contributed by atoms with E-state index in [1.54, 1.807) is 17.5 Å². The molecule has 30 heavy (non-hydrogen) atoms. The molecule has 4 rings (SSSR count). The van der Waals surface area contributed by atoms with E-state index >= 15 is 0 Å². The van der Waals surface area contributed by atoms with E-state index in [-0.39, 0.29) is 15.9 Å². The van der Waals surface area contributed by atoms with Crippen molar-refractivity contribution in [1.29, 1.82) is 0 Å². The van der Waals surface area contributed by atoms with E-state index in [9.17, 15) is 17.6 Å². The van der Waals surface area contributed by atoms with Crippen LogP contribution in [0.25, 0.3) is 0 Å². The van der Waals surface area contributed by atoms with Crippen molar-refractivity contribution < 1.29 is 17.6 Å². The molecular weight excluding hydrogens is 423 g/mol. The molecule has 8 heteroatoms. The number of thiophene rings is 1. The fourth-order valence-corrected chi connectivity index (χ4v) is 6.28. The number of aryl methyl sites for hydroxylation is 1. The zero-order chi connectivity index (χ0) is 21.1. The Morgan fingerprint density at radius 2 is 1.87 bits per heavy atom. The van der Waals surface area contributed by atoms with Gasteiger partial charge in [-0.2, -0.15) is 0 Å². The van der Waals surface area contributed by atoms with Crippen LogP contribution in [0.1, 0.15) is 30.0 Å². The van der Waals surface area contributed by atoms with Crippen LogP contribution >= 0.6 is 11.3 Å². The maximum Gasteiger partial charge on any atom is 0.274 e. The number of fused-ring (bicyclic) bond motifs is 1. The molecule has 0 saturated heterocycles. The maximum absolute atomic E-state index is 14.5. The molecule has 5 nitrogen and oxygen atoms in total. The molecule has 0 fully saturated rings. The number of nitrogens with zero attached hydrogens (tertiary/aromatic N) is 1. The molecule has 1 unspecified atom stereocenters. The summed E-state index contributed by atoms with van der Waals surface area (Å²) < 4.78 is 41.7. The number of halogens is 1. The van der Waals surface area contributed by atoms with Gasteiger partial charge in [-0.25, -0.2) is 12.8 Å². The minimum Gasteiger partial charge on any atom is -0.348 e. The van der Waals surface area contributed by atoms with E-state index in [2.05, 4.69) is 5.32 Å². The number of nitrogens with one attached hydrogen (secondary N) is 1. The first-order valence-electron chi connectivity index (χ1n) is 9.65. The van der Waals surface area contributed by atoms with Crippen molar-refractivity contribution in [3.05, 3.63) is 83.0 Å². The Hall–Kier alpha value is -2.71. The van der Waals surface area contributed by atoms with Gasteiger partial charge in [0.15, 0.2) is 0 Å². The highest BCUT2D eigenvalue weighted by molar-refractivity contribution is 7.94. The third kappa shape index (κ3) is 4.11. The summed E-state index contributed by atoms with van der Waals surface area (Å²) in [4.78, 5) is 12.9. The molecule has 0 saturated carbocycles. The summed E-state index contributed by atoms with van der Waals surface area (Å²) in [5.41, 5.74) is 2.09. The second-order valence-electron chi connectivity index (χ2n) is 7.11. The van der Waals surface area contributed by atoms with Gasteiger partial charge in [0.25, 0.3) is 10.0 Å². The topological polar surface area (TPSA) is 66.5 Å². The normalized spacial score (nSPS) is 16.0. The number of carbonyl (C=O) groups excluding carboxylic acids is 1. The van der Waals surface area contributed by atoms with E-state index in [0.29, 0.717) is 0 Å². The highest BCUT2D eigenvalue weighted by Crippen LogP contribution is 2.31. The van der Waals surface area contributed by atoms with Crippen LogP contribution in [0.5, 0.6) is 0 Å².